The van der Waals surface area contributed by atoms with E-state index in [-0.39, 0.29) is 13.2 Å². The number of rotatable bonds is 7. The van der Waals surface area contributed by atoms with Gasteiger partial charge in [0.25, 0.3) is 11.8 Å². The Labute approximate surface area is 154 Å². The summed E-state index contributed by atoms with van der Waals surface area (Å²) >= 11 is 11.9. The number of hydrogen-bond acceptors (Lipinski definition) is 4. The Morgan fingerprint density at radius 1 is 1.00 bits per heavy atom. The van der Waals surface area contributed by atoms with Crippen LogP contribution in [-0.2, 0) is 9.59 Å². The molecule has 0 aliphatic rings. The second kappa shape index (κ2) is 9.66. The predicted octanol–water partition coefficient (Wildman–Crippen LogP) is 2.64. The van der Waals surface area contributed by atoms with E-state index in [1.54, 1.807) is 42.5 Å². The Morgan fingerprint density at radius 3 is 2.36 bits per heavy atom. The van der Waals surface area contributed by atoms with Gasteiger partial charge in [0.1, 0.15) is 5.75 Å². The molecule has 0 bridgehead atoms. The average Bonchev–Trinajstić information content (AvgIpc) is 2.61. The van der Waals surface area contributed by atoms with Crippen molar-refractivity contribution in [3.8, 4) is 5.75 Å². The minimum atomic E-state index is -0.493. The standard InChI is InChI=1S/C17H15Cl2N3O3/c18-14-7-4-8-15(19)13(14)9-21-22-16(23)10-20-17(24)11-25-12-5-2-1-3-6-12/h1-9H,10-11H2,(H,20,24)(H,22,23)/b21-9+. The lowest BCUT2D eigenvalue weighted by Gasteiger charge is -2.06. The molecule has 0 aliphatic heterocycles. The molecule has 25 heavy (non-hydrogen) atoms. The SMILES string of the molecule is O=C(COc1ccccc1)NCC(=O)N/N=C/c1c(Cl)cccc1Cl. The molecule has 0 unspecified atom stereocenters. The van der Waals surface area contributed by atoms with E-state index in [1.165, 1.54) is 6.21 Å². The van der Waals surface area contributed by atoms with Gasteiger partial charge in [0.2, 0.25) is 0 Å². The molecule has 0 saturated heterocycles. The summed E-state index contributed by atoms with van der Waals surface area (Å²) < 4.78 is 5.26. The third kappa shape index (κ3) is 6.45. The molecule has 2 N–H and O–H groups in total. The fourth-order valence-electron chi connectivity index (χ4n) is 1.74. The lowest BCUT2D eigenvalue weighted by atomic mass is 10.2. The molecule has 2 aromatic rings. The summed E-state index contributed by atoms with van der Waals surface area (Å²) in [6.45, 7) is -0.416. The van der Waals surface area contributed by atoms with Crippen LogP contribution in [0.2, 0.25) is 10.0 Å². The molecule has 2 aromatic carbocycles. The number of halogens is 2. The first kappa shape index (κ1) is 18.8. The predicted molar refractivity (Wildman–Crippen MR) is 97.1 cm³/mol. The van der Waals surface area contributed by atoms with E-state index in [4.69, 9.17) is 27.9 Å². The van der Waals surface area contributed by atoms with E-state index >= 15 is 0 Å². The highest BCUT2D eigenvalue weighted by Gasteiger charge is 2.06. The number of amides is 2. The van der Waals surface area contributed by atoms with Crippen LogP contribution in [-0.4, -0.2) is 31.2 Å². The van der Waals surface area contributed by atoms with Gasteiger partial charge < -0.3 is 10.1 Å². The lowest BCUT2D eigenvalue weighted by molar-refractivity contribution is -0.127. The number of hydrazone groups is 1. The van der Waals surface area contributed by atoms with Crippen molar-refractivity contribution in [1.82, 2.24) is 10.7 Å². The van der Waals surface area contributed by atoms with Crippen LogP contribution in [0.15, 0.2) is 53.6 Å². The summed E-state index contributed by atoms with van der Waals surface area (Å²) in [7, 11) is 0. The third-order valence-electron chi connectivity index (χ3n) is 2.94. The molecular formula is C17H15Cl2N3O3. The molecular weight excluding hydrogens is 365 g/mol. The van der Waals surface area contributed by atoms with Crippen molar-refractivity contribution in [3.05, 3.63) is 64.1 Å². The summed E-state index contributed by atoms with van der Waals surface area (Å²) in [5.74, 6) is -0.340. The van der Waals surface area contributed by atoms with Gasteiger partial charge in [-0.1, -0.05) is 47.5 Å². The molecule has 0 aromatic heterocycles. The van der Waals surface area contributed by atoms with Crippen molar-refractivity contribution in [1.29, 1.82) is 0 Å². The van der Waals surface area contributed by atoms with Gasteiger partial charge in [-0.05, 0) is 24.3 Å². The lowest BCUT2D eigenvalue weighted by Crippen LogP contribution is -2.37. The quantitative estimate of drug-likeness (QED) is 0.573. The van der Waals surface area contributed by atoms with E-state index in [9.17, 15) is 9.59 Å². The fraction of sp³-hybridized carbons (Fsp3) is 0.118. The van der Waals surface area contributed by atoms with Crippen molar-refractivity contribution in [2.45, 2.75) is 0 Å². The molecule has 0 atom stereocenters. The maximum Gasteiger partial charge on any atom is 0.259 e. The highest BCUT2D eigenvalue weighted by atomic mass is 35.5. The summed E-state index contributed by atoms with van der Waals surface area (Å²) in [4.78, 5) is 23.3. The summed E-state index contributed by atoms with van der Waals surface area (Å²) in [6, 6.07) is 13.9. The number of nitrogens with one attached hydrogen (secondary N) is 2. The van der Waals surface area contributed by atoms with Gasteiger partial charge in [-0.2, -0.15) is 5.10 Å². The third-order valence-corrected chi connectivity index (χ3v) is 3.60. The van der Waals surface area contributed by atoms with Gasteiger partial charge >= 0.3 is 0 Å². The number of benzene rings is 2. The number of carbonyl (C=O) groups excluding carboxylic acids is 2. The van der Waals surface area contributed by atoms with Crippen molar-refractivity contribution in [2.75, 3.05) is 13.2 Å². The van der Waals surface area contributed by atoms with Gasteiger partial charge in [-0.25, -0.2) is 5.43 Å². The van der Waals surface area contributed by atoms with Crippen LogP contribution in [0, 0.1) is 0 Å². The minimum absolute atomic E-state index is 0.185. The van der Waals surface area contributed by atoms with Crippen molar-refractivity contribution in [3.63, 3.8) is 0 Å². The smallest absolute Gasteiger partial charge is 0.259 e. The van der Waals surface area contributed by atoms with E-state index in [0.717, 1.165) is 0 Å². The van der Waals surface area contributed by atoms with E-state index in [1.807, 2.05) is 6.07 Å². The summed E-state index contributed by atoms with van der Waals surface area (Å²) in [6.07, 6.45) is 1.34. The number of carbonyl (C=O) groups is 2. The van der Waals surface area contributed by atoms with E-state index < -0.39 is 11.8 Å². The van der Waals surface area contributed by atoms with Crippen LogP contribution in [0.25, 0.3) is 0 Å². The second-order valence-corrected chi connectivity index (χ2v) is 5.62. The van der Waals surface area contributed by atoms with Crippen molar-refractivity contribution < 1.29 is 14.3 Å². The highest BCUT2D eigenvalue weighted by molar-refractivity contribution is 6.38. The van der Waals surface area contributed by atoms with Gasteiger partial charge in [0, 0.05) is 5.56 Å². The Kier molecular flexibility index (Phi) is 7.25. The van der Waals surface area contributed by atoms with Crippen LogP contribution in [0.3, 0.4) is 0 Å². The topological polar surface area (TPSA) is 79.8 Å². The van der Waals surface area contributed by atoms with Crippen molar-refractivity contribution >= 4 is 41.2 Å². The van der Waals surface area contributed by atoms with Gasteiger partial charge in [0.05, 0.1) is 22.8 Å². The zero-order valence-corrected chi connectivity index (χ0v) is 14.6. The molecule has 0 heterocycles. The first-order valence-corrected chi connectivity index (χ1v) is 8.02. The number of hydrogen-bond donors (Lipinski definition) is 2. The Bertz CT molecular complexity index is 747. The van der Waals surface area contributed by atoms with Crippen LogP contribution in [0.5, 0.6) is 5.75 Å². The molecule has 2 amide bonds. The second-order valence-electron chi connectivity index (χ2n) is 4.81. The van der Waals surface area contributed by atoms with Crippen LogP contribution in [0.4, 0.5) is 0 Å². The van der Waals surface area contributed by atoms with Gasteiger partial charge in [-0.3, -0.25) is 9.59 Å². The fourth-order valence-corrected chi connectivity index (χ4v) is 2.23. The number of para-hydroxylation sites is 1. The molecule has 6 nitrogen and oxygen atoms in total. The summed E-state index contributed by atoms with van der Waals surface area (Å²) in [5.41, 5.74) is 2.76. The molecule has 2 rings (SSSR count). The molecule has 0 aliphatic carbocycles. The van der Waals surface area contributed by atoms with Crippen LogP contribution < -0.4 is 15.5 Å². The van der Waals surface area contributed by atoms with E-state index in [0.29, 0.717) is 21.4 Å². The average molecular weight is 380 g/mol. The Balaban J connectivity index is 1.71. The van der Waals surface area contributed by atoms with Crippen molar-refractivity contribution in [2.24, 2.45) is 5.10 Å². The number of ether oxygens (including phenoxy) is 1. The first-order chi connectivity index (χ1) is 12.1. The first-order valence-electron chi connectivity index (χ1n) is 7.26. The summed E-state index contributed by atoms with van der Waals surface area (Å²) in [5, 5.41) is 7.01. The van der Waals surface area contributed by atoms with Crippen LogP contribution >= 0.6 is 23.2 Å². The molecule has 130 valence electrons. The Morgan fingerprint density at radius 2 is 1.68 bits per heavy atom. The molecule has 0 fully saturated rings. The number of nitrogens with zero attached hydrogens (tertiary/aromatic N) is 1. The maximum atomic E-state index is 11.6. The van der Waals surface area contributed by atoms with Gasteiger partial charge in [0.15, 0.2) is 6.61 Å². The van der Waals surface area contributed by atoms with Crippen LogP contribution in [0.1, 0.15) is 5.56 Å². The van der Waals surface area contributed by atoms with E-state index in [2.05, 4.69) is 15.8 Å². The zero-order valence-electron chi connectivity index (χ0n) is 13.0. The van der Waals surface area contributed by atoms with Gasteiger partial charge in [-0.15, -0.1) is 0 Å². The molecule has 0 radical (unpaired) electrons. The normalized spacial score (nSPS) is 10.5. The molecule has 8 heteroatoms. The monoisotopic (exact) mass is 379 g/mol. The maximum absolute atomic E-state index is 11.6. The minimum Gasteiger partial charge on any atom is -0.484 e. The Hall–Kier alpha value is -2.57. The zero-order chi connectivity index (χ0) is 18.1. The molecule has 0 saturated carbocycles. The molecule has 0 spiro atoms. The largest absolute Gasteiger partial charge is 0.484 e. The highest BCUT2D eigenvalue weighted by Crippen LogP contribution is 2.21.